The zero-order valence-corrected chi connectivity index (χ0v) is 11.5. The van der Waals surface area contributed by atoms with Crippen LogP contribution in [0, 0.1) is 0 Å². The third-order valence-electron chi connectivity index (χ3n) is 2.80. The molecule has 3 rings (SSSR count). The smallest absolute Gasteiger partial charge is 0.0260 e. The van der Waals surface area contributed by atoms with Crippen LogP contribution < -0.4 is 0 Å². The predicted octanol–water partition coefficient (Wildman–Crippen LogP) is 5.52. The summed E-state index contributed by atoms with van der Waals surface area (Å²) in [4.78, 5) is 0. The highest BCUT2D eigenvalue weighted by Gasteiger charge is 2.06. The van der Waals surface area contributed by atoms with E-state index in [2.05, 4.69) is 80.4 Å². The van der Waals surface area contributed by atoms with Gasteiger partial charge in [0.15, 0.2) is 0 Å². The van der Waals surface area contributed by atoms with Gasteiger partial charge < -0.3 is 0 Å². The summed E-state index contributed by atoms with van der Waals surface area (Å²) in [6, 6.07) is 16.9. The SMILES string of the molecule is Brc1ccc(Br)c2c1ccc1ccccc12. The number of halogens is 2. The van der Waals surface area contributed by atoms with Gasteiger partial charge in [0.05, 0.1) is 0 Å². The lowest BCUT2D eigenvalue weighted by atomic mass is 10.0. The van der Waals surface area contributed by atoms with Crippen molar-refractivity contribution in [3.63, 3.8) is 0 Å². The summed E-state index contributed by atoms with van der Waals surface area (Å²) < 4.78 is 2.28. The molecule has 78 valence electrons. The van der Waals surface area contributed by atoms with Gasteiger partial charge in [-0.25, -0.2) is 0 Å². The monoisotopic (exact) mass is 334 g/mol. The Morgan fingerprint density at radius 3 is 2.25 bits per heavy atom. The van der Waals surface area contributed by atoms with Crippen LogP contribution in [0.3, 0.4) is 0 Å². The summed E-state index contributed by atoms with van der Waals surface area (Å²) >= 11 is 7.23. The number of hydrogen-bond donors (Lipinski definition) is 0. The fourth-order valence-corrected chi connectivity index (χ4v) is 3.07. The van der Waals surface area contributed by atoms with Gasteiger partial charge in [-0.2, -0.15) is 0 Å². The summed E-state index contributed by atoms with van der Waals surface area (Å²) in [7, 11) is 0. The minimum absolute atomic E-state index is 1.14. The quantitative estimate of drug-likeness (QED) is 0.474. The molecule has 0 N–H and O–H groups in total. The van der Waals surface area contributed by atoms with E-state index < -0.39 is 0 Å². The van der Waals surface area contributed by atoms with Crippen LogP contribution in [-0.4, -0.2) is 0 Å². The lowest BCUT2D eigenvalue weighted by Crippen LogP contribution is -1.80. The van der Waals surface area contributed by atoms with E-state index in [1.165, 1.54) is 21.5 Å². The Balaban J connectivity index is 2.64. The number of rotatable bonds is 0. The molecule has 3 aromatic rings. The zero-order valence-electron chi connectivity index (χ0n) is 8.37. The van der Waals surface area contributed by atoms with Crippen LogP contribution in [-0.2, 0) is 0 Å². The molecule has 0 aliphatic rings. The van der Waals surface area contributed by atoms with Crippen molar-refractivity contribution < 1.29 is 0 Å². The van der Waals surface area contributed by atoms with E-state index >= 15 is 0 Å². The molecule has 0 radical (unpaired) electrons. The second-order valence-corrected chi connectivity index (χ2v) is 5.45. The van der Waals surface area contributed by atoms with Gasteiger partial charge in [-0.1, -0.05) is 68.3 Å². The van der Waals surface area contributed by atoms with E-state index in [0.29, 0.717) is 0 Å². The highest BCUT2D eigenvalue weighted by Crippen LogP contribution is 2.35. The van der Waals surface area contributed by atoms with Crippen molar-refractivity contribution in [1.29, 1.82) is 0 Å². The molecule has 0 heterocycles. The van der Waals surface area contributed by atoms with Gasteiger partial charge in [0, 0.05) is 14.3 Å². The first kappa shape index (κ1) is 10.3. The van der Waals surface area contributed by atoms with Gasteiger partial charge in [-0.3, -0.25) is 0 Å². The Bertz CT molecular complexity index is 687. The Morgan fingerprint density at radius 1 is 0.625 bits per heavy atom. The van der Waals surface area contributed by atoms with Crippen LogP contribution in [0.5, 0.6) is 0 Å². The normalized spacial score (nSPS) is 11.1. The molecule has 0 aliphatic heterocycles. The molecule has 0 atom stereocenters. The topological polar surface area (TPSA) is 0 Å². The molecular formula is C14H8Br2. The molecule has 0 aromatic heterocycles. The molecule has 0 saturated heterocycles. The maximum atomic E-state index is 3.63. The van der Waals surface area contributed by atoms with Crippen LogP contribution in [0.2, 0.25) is 0 Å². The summed E-state index contributed by atoms with van der Waals surface area (Å²) in [5, 5.41) is 5.07. The lowest BCUT2D eigenvalue weighted by molar-refractivity contribution is 1.69. The molecule has 16 heavy (non-hydrogen) atoms. The van der Waals surface area contributed by atoms with Gasteiger partial charge in [-0.15, -0.1) is 0 Å². The fraction of sp³-hybridized carbons (Fsp3) is 0. The number of hydrogen-bond acceptors (Lipinski definition) is 0. The van der Waals surface area contributed by atoms with Gasteiger partial charge in [0.2, 0.25) is 0 Å². The first-order valence-electron chi connectivity index (χ1n) is 5.03. The van der Waals surface area contributed by atoms with Gasteiger partial charge in [0.1, 0.15) is 0 Å². The van der Waals surface area contributed by atoms with Crippen molar-refractivity contribution in [2.24, 2.45) is 0 Å². The average Bonchev–Trinajstić information content (AvgIpc) is 2.33. The van der Waals surface area contributed by atoms with Crippen molar-refractivity contribution in [2.75, 3.05) is 0 Å². The van der Waals surface area contributed by atoms with E-state index in [4.69, 9.17) is 0 Å². The third-order valence-corrected chi connectivity index (χ3v) is 4.15. The largest absolute Gasteiger partial charge is 0.0616 e. The molecule has 0 spiro atoms. The molecule has 0 unspecified atom stereocenters. The minimum Gasteiger partial charge on any atom is -0.0616 e. The standard InChI is InChI=1S/C14H8Br2/c15-12-7-8-13(16)14-10-4-2-1-3-9(10)5-6-11(12)14/h1-8H. The predicted molar refractivity (Wildman–Crippen MR) is 76.9 cm³/mol. The molecule has 2 heteroatoms. The van der Waals surface area contributed by atoms with Crippen molar-refractivity contribution in [3.8, 4) is 0 Å². The molecule has 3 aromatic carbocycles. The first-order valence-corrected chi connectivity index (χ1v) is 6.61. The van der Waals surface area contributed by atoms with Crippen LogP contribution in [0.15, 0.2) is 57.5 Å². The zero-order chi connectivity index (χ0) is 11.1. The fourth-order valence-electron chi connectivity index (χ4n) is 2.05. The minimum atomic E-state index is 1.14. The second kappa shape index (κ2) is 3.86. The van der Waals surface area contributed by atoms with Crippen LogP contribution in [0.1, 0.15) is 0 Å². The summed E-state index contributed by atoms with van der Waals surface area (Å²) in [5.41, 5.74) is 0. The molecule has 0 bridgehead atoms. The molecule has 0 fully saturated rings. The average molecular weight is 336 g/mol. The first-order chi connectivity index (χ1) is 7.77. The van der Waals surface area contributed by atoms with E-state index in [1.54, 1.807) is 0 Å². The number of benzene rings is 3. The Kier molecular flexibility index (Phi) is 2.49. The summed E-state index contributed by atoms with van der Waals surface area (Å²) in [6.07, 6.45) is 0. The van der Waals surface area contributed by atoms with Crippen molar-refractivity contribution in [1.82, 2.24) is 0 Å². The highest BCUT2D eigenvalue weighted by atomic mass is 79.9. The highest BCUT2D eigenvalue weighted by molar-refractivity contribution is 9.11. The van der Waals surface area contributed by atoms with Crippen LogP contribution >= 0.6 is 31.9 Å². The van der Waals surface area contributed by atoms with Crippen molar-refractivity contribution in [3.05, 3.63) is 57.5 Å². The molecule has 0 nitrogen and oxygen atoms in total. The van der Waals surface area contributed by atoms with Gasteiger partial charge in [0.25, 0.3) is 0 Å². The maximum absolute atomic E-state index is 3.63. The number of fused-ring (bicyclic) bond motifs is 3. The van der Waals surface area contributed by atoms with Crippen LogP contribution in [0.25, 0.3) is 21.5 Å². The van der Waals surface area contributed by atoms with Gasteiger partial charge >= 0.3 is 0 Å². The molecular weight excluding hydrogens is 328 g/mol. The Morgan fingerprint density at radius 2 is 1.38 bits per heavy atom. The molecule has 0 aliphatic carbocycles. The lowest BCUT2D eigenvalue weighted by Gasteiger charge is -2.07. The summed E-state index contributed by atoms with van der Waals surface area (Å²) in [6.45, 7) is 0. The van der Waals surface area contributed by atoms with E-state index in [9.17, 15) is 0 Å². The van der Waals surface area contributed by atoms with E-state index in [0.717, 1.165) is 8.95 Å². The summed E-state index contributed by atoms with van der Waals surface area (Å²) in [5.74, 6) is 0. The van der Waals surface area contributed by atoms with Crippen molar-refractivity contribution >= 4 is 53.4 Å². The third kappa shape index (κ3) is 1.48. The second-order valence-electron chi connectivity index (χ2n) is 3.74. The van der Waals surface area contributed by atoms with Crippen LogP contribution in [0.4, 0.5) is 0 Å². The van der Waals surface area contributed by atoms with E-state index in [-0.39, 0.29) is 0 Å². The van der Waals surface area contributed by atoms with Gasteiger partial charge in [-0.05, 0) is 28.3 Å². The van der Waals surface area contributed by atoms with Crippen molar-refractivity contribution in [2.45, 2.75) is 0 Å². The maximum Gasteiger partial charge on any atom is 0.0260 e. The van der Waals surface area contributed by atoms with E-state index in [1.807, 2.05) is 0 Å². The molecule has 0 amide bonds. The Labute approximate surface area is 111 Å². The Hall–Kier alpha value is -0.860. The molecule has 0 saturated carbocycles.